The van der Waals surface area contributed by atoms with Gasteiger partial charge in [0.25, 0.3) is 0 Å². The number of benzene rings is 1. The maximum absolute atomic E-state index is 13.8. The van der Waals surface area contributed by atoms with Gasteiger partial charge in [-0.1, -0.05) is 29.3 Å². The zero-order valence-electron chi connectivity index (χ0n) is 18.2. The molecule has 1 unspecified atom stereocenters. The Hall–Kier alpha value is -3.39. The summed E-state index contributed by atoms with van der Waals surface area (Å²) in [5, 5.41) is 8.39. The lowest BCUT2D eigenvalue weighted by atomic mass is 9.87. The second kappa shape index (κ2) is 9.23. The van der Waals surface area contributed by atoms with Gasteiger partial charge in [0, 0.05) is 30.4 Å². The van der Waals surface area contributed by atoms with Gasteiger partial charge in [0.15, 0.2) is 0 Å². The van der Waals surface area contributed by atoms with Crippen molar-refractivity contribution < 1.29 is 9.13 Å². The van der Waals surface area contributed by atoms with Gasteiger partial charge in [-0.25, -0.2) is 14.1 Å². The molecule has 0 amide bonds. The molecule has 5 rings (SSSR count). The average molecular weight is 467 g/mol. The van der Waals surface area contributed by atoms with Crippen molar-refractivity contribution in [3.63, 3.8) is 0 Å². The van der Waals surface area contributed by atoms with Crippen molar-refractivity contribution in [3.05, 3.63) is 77.4 Å². The highest BCUT2D eigenvalue weighted by Crippen LogP contribution is 2.36. The third-order valence-electron chi connectivity index (χ3n) is 5.92. The number of nitrogens with zero attached hydrogens (tertiary/aromatic N) is 5. The molecule has 9 heteroatoms. The molecule has 7 nitrogen and oxygen atoms in total. The van der Waals surface area contributed by atoms with Crippen molar-refractivity contribution >= 4 is 23.2 Å². The molecule has 2 aliphatic rings. The molecule has 33 heavy (non-hydrogen) atoms. The van der Waals surface area contributed by atoms with E-state index in [2.05, 4.69) is 15.4 Å². The van der Waals surface area contributed by atoms with E-state index >= 15 is 0 Å². The van der Waals surface area contributed by atoms with Gasteiger partial charge in [0.2, 0.25) is 5.95 Å². The first kappa shape index (κ1) is 21.5. The van der Waals surface area contributed by atoms with Gasteiger partial charge < -0.3 is 14.6 Å². The average Bonchev–Trinajstić information content (AvgIpc) is 3.42. The van der Waals surface area contributed by atoms with Crippen LogP contribution in [0, 0.1) is 0 Å². The Bertz CT molecular complexity index is 1260. The van der Waals surface area contributed by atoms with E-state index in [4.69, 9.17) is 21.3 Å². The van der Waals surface area contributed by atoms with Crippen LogP contribution in [0.1, 0.15) is 37.4 Å². The summed E-state index contributed by atoms with van der Waals surface area (Å²) < 4.78 is 23.1. The fraction of sp³-hybridized carbons (Fsp3) is 0.292. The number of allylic oxidation sites excluding steroid dienone is 6. The van der Waals surface area contributed by atoms with Crippen LogP contribution in [-0.2, 0) is 6.54 Å². The number of aromatic nitrogens is 5. The molecule has 1 atom stereocenters. The number of ether oxygens (including phenoxy) is 1. The summed E-state index contributed by atoms with van der Waals surface area (Å²) in [5.41, 5.74) is 2.83. The molecular weight excluding hydrogens is 443 g/mol. The molecule has 1 aliphatic heterocycles. The maximum atomic E-state index is 13.8. The molecule has 0 saturated heterocycles. The zero-order valence-corrected chi connectivity index (χ0v) is 19.0. The van der Waals surface area contributed by atoms with Gasteiger partial charge >= 0.3 is 0 Å². The van der Waals surface area contributed by atoms with Crippen LogP contribution in [0.5, 0.6) is 5.75 Å². The first-order chi connectivity index (χ1) is 16.1. The second-order valence-corrected chi connectivity index (χ2v) is 8.45. The molecule has 3 heterocycles. The Morgan fingerprint density at radius 3 is 3.00 bits per heavy atom. The van der Waals surface area contributed by atoms with Crippen LogP contribution < -0.4 is 10.1 Å². The normalized spacial score (nSPS) is 22.2. The highest BCUT2D eigenvalue weighted by molar-refractivity contribution is 6.29. The summed E-state index contributed by atoms with van der Waals surface area (Å²) in [7, 11) is 1.62. The number of rotatable bonds is 5. The SMILES string of the molecule is COc1cc(Nc2nc3n(n2)CCCC3/C2=C/C=C(F)\C=C/CC2)ccc1-n1cnc(Cl)c1. The van der Waals surface area contributed by atoms with E-state index < -0.39 is 0 Å². The van der Waals surface area contributed by atoms with E-state index in [9.17, 15) is 4.39 Å². The minimum absolute atomic E-state index is 0.139. The molecule has 170 valence electrons. The van der Waals surface area contributed by atoms with Crippen molar-refractivity contribution in [1.29, 1.82) is 0 Å². The van der Waals surface area contributed by atoms with Crippen LogP contribution in [-0.4, -0.2) is 31.4 Å². The number of imidazole rings is 1. The van der Waals surface area contributed by atoms with Gasteiger partial charge in [-0.05, 0) is 50.0 Å². The zero-order chi connectivity index (χ0) is 22.8. The summed E-state index contributed by atoms with van der Waals surface area (Å²) in [6.45, 7) is 0.821. The van der Waals surface area contributed by atoms with E-state index in [0.29, 0.717) is 16.9 Å². The molecule has 0 radical (unpaired) electrons. The van der Waals surface area contributed by atoms with E-state index in [-0.39, 0.29) is 11.7 Å². The Labute approximate surface area is 196 Å². The van der Waals surface area contributed by atoms with E-state index in [1.54, 1.807) is 30.3 Å². The molecule has 1 aliphatic carbocycles. The van der Waals surface area contributed by atoms with Crippen molar-refractivity contribution in [3.8, 4) is 11.4 Å². The molecule has 0 fully saturated rings. The van der Waals surface area contributed by atoms with Crippen LogP contribution in [0.3, 0.4) is 0 Å². The highest BCUT2D eigenvalue weighted by atomic mass is 35.5. The number of anilines is 2. The van der Waals surface area contributed by atoms with Crippen molar-refractivity contribution in [2.45, 2.75) is 38.1 Å². The number of hydrogen-bond acceptors (Lipinski definition) is 5. The fourth-order valence-electron chi connectivity index (χ4n) is 4.35. The van der Waals surface area contributed by atoms with E-state index in [1.165, 1.54) is 11.6 Å². The summed E-state index contributed by atoms with van der Waals surface area (Å²) >= 11 is 5.95. The third kappa shape index (κ3) is 4.57. The van der Waals surface area contributed by atoms with E-state index in [1.807, 2.05) is 35.0 Å². The van der Waals surface area contributed by atoms with Crippen LogP contribution >= 0.6 is 11.6 Å². The van der Waals surface area contributed by atoms with Gasteiger partial charge in [-0.3, -0.25) is 0 Å². The van der Waals surface area contributed by atoms with Crippen molar-refractivity contribution in [2.75, 3.05) is 12.4 Å². The Kier molecular flexibility index (Phi) is 6.00. The largest absolute Gasteiger partial charge is 0.494 e. The standard InChI is InChI=1S/C24H24ClFN6O/c1-33-21-13-18(10-11-20(21)31-14-22(25)27-15-31)28-24-29-23-19(7-4-12-32(23)30-24)16-5-2-3-6-17(26)9-8-16/h3,6,8-11,13-15,19H,2,4-5,7,12H2,1H3,(H,28,30)/b6-3-,16-8+,17-9+. The molecule has 0 bridgehead atoms. The predicted molar refractivity (Wildman–Crippen MR) is 126 cm³/mol. The number of halogens is 2. The topological polar surface area (TPSA) is 69.8 Å². The summed E-state index contributed by atoms with van der Waals surface area (Å²) in [4.78, 5) is 8.87. The Morgan fingerprint density at radius 2 is 2.18 bits per heavy atom. The summed E-state index contributed by atoms with van der Waals surface area (Å²) in [5.74, 6) is 2.04. The van der Waals surface area contributed by atoms with Crippen LogP contribution in [0.4, 0.5) is 16.0 Å². The van der Waals surface area contributed by atoms with Gasteiger partial charge in [0.05, 0.1) is 12.8 Å². The lowest BCUT2D eigenvalue weighted by molar-refractivity contribution is 0.413. The quantitative estimate of drug-likeness (QED) is 0.508. The van der Waals surface area contributed by atoms with Crippen LogP contribution in [0.25, 0.3) is 5.69 Å². The maximum Gasteiger partial charge on any atom is 0.246 e. The number of aryl methyl sites for hydroxylation is 1. The first-order valence-corrected chi connectivity index (χ1v) is 11.3. The predicted octanol–water partition coefficient (Wildman–Crippen LogP) is 5.88. The third-order valence-corrected chi connectivity index (χ3v) is 6.12. The minimum Gasteiger partial charge on any atom is -0.494 e. The molecule has 1 aromatic carbocycles. The molecule has 2 aromatic heterocycles. The van der Waals surface area contributed by atoms with Crippen molar-refractivity contribution in [1.82, 2.24) is 24.3 Å². The molecule has 0 saturated carbocycles. The Morgan fingerprint density at radius 1 is 1.27 bits per heavy atom. The number of fused-ring (bicyclic) bond motifs is 1. The van der Waals surface area contributed by atoms with Gasteiger partial charge in [-0.15, -0.1) is 5.10 Å². The minimum atomic E-state index is -0.220. The van der Waals surface area contributed by atoms with E-state index in [0.717, 1.165) is 49.4 Å². The number of hydrogen-bond donors (Lipinski definition) is 1. The highest BCUT2D eigenvalue weighted by Gasteiger charge is 2.27. The molecule has 3 aromatic rings. The monoisotopic (exact) mass is 466 g/mol. The lowest BCUT2D eigenvalue weighted by Gasteiger charge is -2.24. The van der Waals surface area contributed by atoms with Crippen LogP contribution in [0.2, 0.25) is 5.15 Å². The smallest absolute Gasteiger partial charge is 0.246 e. The first-order valence-electron chi connectivity index (χ1n) is 10.9. The number of methoxy groups -OCH3 is 1. The molecular formula is C24H24ClFN6O. The van der Waals surface area contributed by atoms with Crippen LogP contribution in [0.15, 0.2) is 66.4 Å². The summed E-state index contributed by atoms with van der Waals surface area (Å²) in [6.07, 6.45) is 13.9. The van der Waals surface area contributed by atoms with Crippen molar-refractivity contribution in [2.24, 2.45) is 0 Å². The molecule has 0 spiro atoms. The summed E-state index contributed by atoms with van der Waals surface area (Å²) in [6, 6.07) is 5.74. The fourth-order valence-corrected chi connectivity index (χ4v) is 4.49. The molecule has 1 N–H and O–H groups in total. The van der Waals surface area contributed by atoms with Gasteiger partial charge in [-0.2, -0.15) is 4.98 Å². The van der Waals surface area contributed by atoms with Gasteiger partial charge in [0.1, 0.15) is 28.9 Å². The second-order valence-electron chi connectivity index (χ2n) is 8.06. The lowest BCUT2D eigenvalue weighted by Crippen LogP contribution is -2.18. The Balaban J connectivity index is 1.40. The number of nitrogens with one attached hydrogen (secondary N) is 1.